The molecule has 1 aliphatic carbocycles. The summed E-state index contributed by atoms with van der Waals surface area (Å²) in [6.07, 6.45) is 2.50. The quantitative estimate of drug-likeness (QED) is 0.870. The Labute approximate surface area is 147 Å². The SMILES string of the molecule is O=C(NC1(C(=O)O)CCCC1)c1csc(-c2ccc3c(c2)OCO3)n1. The van der Waals surface area contributed by atoms with Crippen LogP contribution in [-0.2, 0) is 4.79 Å². The number of amides is 1. The maximum Gasteiger partial charge on any atom is 0.329 e. The van der Waals surface area contributed by atoms with Gasteiger partial charge in [0.2, 0.25) is 6.79 Å². The van der Waals surface area contributed by atoms with E-state index in [0.29, 0.717) is 29.3 Å². The van der Waals surface area contributed by atoms with Crippen molar-refractivity contribution >= 4 is 23.2 Å². The summed E-state index contributed by atoms with van der Waals surface area (Å²) in [6.45, 7) is 0.196. The number of aromatic nitrogens is 1. The van der Waals surface area contributed by atoms with Gasteiger partial charge in [0, 0.05) is 10.9 Å². The minimum Gasteiger partial charge on any atom is -0.480 e. The van der Waals surface area contributed by atoms with E-state index >= 15 is 0 Å². The number of hydrogen-bond donors (Lipinski definition) is 2. The lowest BCUT2D eigenvalue weighted by molar-refractivity contribution is -0.144. The molecule has 2 heterocycles. The Kier molecular flexibility index (Phi) is 3.84. The lowest BCUT2D eigenvalue weighted by atomic mass is 9.98. The van der Waals surface area contributed by atoms with Crippen LogP contribution in [0.2, 0.25) is 0 Å². The molecule has 2 N–H and O–H groups in total. The molecule has 1 aliphatic heterocycles. The van der Waals surface area contributed by atoms with Crippen molar-refractivity contribution < 1.29 is 24.2 Å². The van der Waals surface area contributed by atoms with Crippen molar-refractivity contribution in [3.8, 4) is 22.1 Å². The number of carbonyl (C=O) groups is 2. The molecule has 25 heavy (non-hydrogen) atoms. The summed E-state index contributed by atoms with van der Waals surface area (Å²) in [7, 11) is 0. The zero-order valence-electron chi connectivity index (χ0n) is 13.3. The van der Waals surface area contributed by atoms with Crippen LogP contribution in [0.4, 0.5) is 0 Å². The number of rotatable bonds is 4. The van der Waals surface area contributed by atoms with Gasteiger partial charge in [-0.2, -0.15) is 0 Å². The minimum absolute atomic E-state index is 0.196. The summed E-state index contributed by atoms with van der Waals surface area (Å²) in [5.74, 6) is -0.102. The summed E-state index contributed by atoms with van der Waals surface area (Å²) in [6, 6.07) is 5.47. The number of ether oxygens (including phenoxy) is 2. The average molecular weight is 360 g/mol. The smallest absolute Gasteiger partial charge is 0.329 e. The van der Waals surface area contributed by atoms with Gasteiger partial charge >= 0.3 is 5.97 Å². The van der Waals surface area contributed by atoms with Crippen LogP contribution in [0.25, 0.3) is 10.6 Å². The standard InChI is InChI=1S/C17H16N2O5S/c20-14(19-17(16(21)22)5-1-2-6-17)11-8-25-15(18-11)10-3-4-12-13(7-10)24-9-23-12/h3-4,7-8H,1-2,5-6,9H2,(H,19,20)(H,21,22). The number of thiazole rings is 1. The molecule has 4 rings (SSSR count). The molecule has 0 unspecified atom stereocenters. The van der Waals surface area contributed by atoms with Crippen LogP contribution in [0.1, 0.15) is 36.2 Å². The Bertz CT molecular complexity index is 841. The van der Waals surface area contributed by atoms with Gasteiger partial charge in [-0.1, -0.05) is 12.8 Å². The summed E-state index contributed by atoms with van der Waals surface area (Å²) < 4.78 is 10.6. The Morgan fingerprint density at radius 1 is 1.20 bits per heavy atom. The summed E-state index contributed by atoms with van der Waals surface area (Å²) in [5, 5.41) is 14.5. The molecule has 1 amide bonds. The normalized spacial score (nSPS) is 17.4. The number of aliphatic carboxylic acids is 1. The summed E-state index contributed by atoms with van der Waals surface area (Å²) in [4.78, 5) is 28.4. The van der Waals surface area contributed by atoms with Crippen LogP contribution >= 0.6 is 11.3 Å². The van der Waals surface area contributed by atoms with Crippen molar-refractivity contribution in [1.82, 2.24) is 10.3 Å². The first-order valence-electron chi connectivity index (χ1n) is 7.99. The van der Waals surface area contributed by atoms with E-state index in [1.165, 1.54) is 11.3 Å². The average Bonchev–Trinajstić information content (AvgIpc) is 3.34. The fraction of sp³-hybridized carbons (Fsp3) is 0.353. The van der Waals surface area contributed by atoms with Gasteiger partial charge in [-0.15, -0.1) is 11.3 Å². The van der Waals surface area contributed by atoms with E-state index in [9.17, 15) is 14.7 Å². The van der Waals surface area contributed by atoms with Crippen molar-refractivity contribution in [2.24, 2.45) is 0 Å². The van der Waals surface area contributed by atoms with Crippen molar-refractivity contribution in [2.45, 2.75) is 31.2 Å². The van der Waals surface area contributed by atoms with E-state index in [-0.39, 0.29) is 12.5 Å². The highest BCUT2D eigenvalue weighted by molar-refractivity contribution is 7.13. The predicted molar refractivity (Wildman–Crippen MR) is 90.0 cm³/mol. The molecule has 1 aromatic heterocycles. The first-order chi connectivity index (χ1) is 12.1. The van der Waals surface area contributed by atoms with Gasteiger partial charge in [-0.3, -0.25) is 4.79 Å². The summed E-state index contributed by atoms with van der Waals surface area (Å²) >= 11 is 1.33. The zero-order chi connectivity index (χ0) is 17.4. The Morgan fingerprint density at radius 3 is 2.72 bits per heavy atom. The first kappa shape index (κ1) is 15.9. The second-order valence-corrected chi connectivity index (χ2v) is 7.01. The maximum absolute atomic E-state index is 12.5. The molecule has 0 spiro atoms. The topological polar surface area (TPSA) is 97.8 Å². The largest absolute Gasteiger partial charge is 0.480 e. The molecule has 0 atom stereocenters. The highest BCUT2D eigenvalue weighted by Gasteiger charge is 2.43. The molecule has 1 fully saturated rings. The van der Waals surface area contributed by atoms with Crippen molar-refractivity contribution in [3.05, 3.63) is 29.3 Å². The van der Waals surface area contributed by atoms with Gasteiger partial charge in [0.15, 0.2) is 11.5 Å². The van der Waals surface area contributed by atoms with Crippen LogP contribution in [0.15, 0.2) is 23.6 Å². The maximum atomic E-state index is 12.5. The lowest BCUT2D eigenvalue weighted by Gasteiger charge is -2.24. The number of hydrogen-bond acceptors (Lipinski definition) is 6. The highest BCUT2D eigenvalue weighted by Crippen LogP contribution is 2.37. The number of carbonyl (C=O) groups excluding carboxylic acids is 1. The highest BCUT2D eigenvalue weighted by atomic mass is 32.1. The Balaban J connectivity index is 1.55. The van der Waals surface area contributed by atoms with E-state index in [2.05, 4.69) is 10.3 Å². The van der Waals surface area contributed by atoms with Crippen LogP contribution in [0.3, 0.4) is 0 Å². The summed E-state index contributed by atoms with van der Waals surface area (Å²) in [5.41, 5.74) is -0.119. The van der Waals surface area contributed by atoms with Crippen LogP contribution in [0.5, 0.6) is 11.5 Å². The molecule has 7 nitrogen and oxygen atoms in total. The molecule has 1 aromatic carbocycles. The van der Waals surface area contributed by atoms with Crippen LogP contribution < -0.4 is 14.8 Å². The van der Waals surface area contributed by atoms with Gasteiger partial charge in [-0.25, -0.2) is 9.78 Å². The van der Waals surface area contributed by atoms with E-state index in [0.717, 1.165) is 18.4 Å². The third kappa shape index (κ3) is 2.82. The van der Waals surface area contributed by atoms with Crippen molar-refractivity contribution in [1.29, 1.82) is 0 Å². The van der Waals surface area contributed by atoms with Crippen molar-refractivity contribution in [2.75, 3.05) is 6.79 Å². The Hall–Kier alpha value is -2.61. The van der Waals surface area contributed by atoms with E-state index in [1.807, 2.05) is 12.1 Å². The molecule has 2 aliphatic rings. The third-order valence-corrected chi connectivity index (χ3v) is 5.47. The molecular formula is C17H16N2O5S. The minimum atomic E-state index is -1.17. The number of carboxylic acid groups (broad SMARTS) is 1. The van der Waals surface area contributed by atoms with E-state index < -0.39 is 17.4 Å². The second-order valence-electron chi connectivity index (χ2n) is 6.15. The first-order valence-corrected chi connectivity index (χ1v) is 8.87. The molecule has 0 radical (unpaired) electrons. The van der Waals surface area contributed by atoms with Crippen LogP contribution in [0, 0.1) is 0 Å². The van der Waals surface area contributed by atoms with Gasteiger partial charge in [0.1, 0.15) is 16.2 Å². The van der Waals surface area contributed by atoms with Gasteiger partial charge in [0.25, 0.3) is 5.91 Å². The number of benzene rings is 1. The number of carboxylic acids is 1. The molecule has 2 aromatic rings. The molecule has 0 saturated heterocycles. The van der Waals surface area contributed by atoms with Crippen LogP contribution in [-0.4, -0.2) is 34.3 Å². The Morgan fingerprint density at radius 2 is 1.96 bits per heavy atom. The predicted octanol–water partition coefficient (Wildman–Crippen LogP) is 2.67. The fourth-order valence-electron chi connectivity index (χ4n) is 3.19. The van der Waals surface area contributed by atoms with Gasteiger partial charge in [0.05, 0.1) is 0 Å². The molecule has 1 saturated carbocycles. The number of fused-ring (bicyclic) bond motifs is 1. The molecule has 130 valence electrons. The van der Waals surface area contributed by atoms with E-state index in [1.54, 1.807) is 11.4 Å². The number of nitrogens with one attached hydrogen (secondary N) is 1. The van der Waals surface area contributed by atoms with Gasteiger partial charge < -0.3 is 19.9 Å². The monoisotopic (exact) mass is 360 g/mol. The third-order valence-electron chi connectivity index (χ3n) is 4.58. The lowest BCUT2D eigenvalue weighted by Crippen LogP contribution is -2.52. The van der Waals surface area contributed by atoms with Gasteiger partial charge in [-0.05, 0) is 31.0 Å². The fourth-order valence-corrected chi connectivity index (χ4v) is 3.99. The van der Waals surface area contributed by atoms with E-state index in [4.69, 9.17) is 9.47 Å². The molecular weight excluding hydrogens is 344 g/mol. The molecule has 8 heteroatoms. The molecule has 0 bridgehead atoms. The number of nitrogens with zero attached hydrogens (tertiary/aromatic N) is 1. The van der Waals surface area contributed by atoms with Crippen molar-refractivity contribution in [3.63, 3.8) is 0 Å². The zero-order valence-corrected chi connectivity index (χ0v) is 14.1. The second kappa shape index (κ2) is 6.03.